The number of ether oxygens (including phenoxy) is 2. The van der Waals surface area contributed by atoms with E-state index in [1.807, 2.05) is 6.92 Å². The van der Waals surface area contributed by atoms with Crippen molar-refractivity contribution >= 4 is 5.78 Å². The molecule has 0 saturated carbocycles. The number of hydrogen-bond acceptors (Lipinski definition) is 4. The van der Waals surface area contributed by atoms with Crippen LogP contribution in [0, 0.1) is 0 Å². The number of piperidine rings is 1. The summed E-state index contributed by atoms with van der Waals surface area (Å²) in [6.45, 7) is 5.05. The second-order valence-electron chi connectivity index (χ2n) is 6.12. The van der Waals surface area contributed by atoms with Crippen molar-refractivity contribution in [3.63, 3.8) is 0 Å². The minimum atomic E-state index is -0.496. The van der Waals surface area contributed by atoms with Crippen molar-refractivity contribution in [2.75, 3.05) is 33.4 Å². The molecule has 0 unspecified atom stereocenters. The fraction of sp³-hybridized carbons (Fsp3) is 0.611. The van der Waals surface area contributed by atoms with Gasteiger partial charge in [-0.05, 0) is 37.5 Å². The number of aliphatic hydroxyl groups excluding tert-OH is 1. The van der Waals surface area contributed by atoms with Gasteiger partial charge in [-0.15, -0.1) is 0 Å². The third-order valence-electron chi connectivity index (χ3n) is 4.32. The lowest BCUT2D eigenvalue weighted by molar-refractivity contribution is -0.908. The van der Waals surface area contributed by atoms with Crippen molar-refractivity contribution in [3.8, 4) is 11.5 Å². The minimum Gasteiger partial charge on any atom is -0.493 e. The van der Waals surface area contributed by atoms with Gasteiger partial charge in [0.05, 0.1) is 20.2 Å². The van der Waals surface area contributed by atoms with Gasteiger partial charge in [0.25, 0.3) is 0 Å². The van der Waals surface area contributed by atoms with Crippen LogP contribution in [0.25, 0.3) is 0 Å². The third-order valence-corrected chi connectivity index (χ3v) is 4.32. The first-order chi connectivity index (χ1) is 11.1. The van der Waals surface area contributed by atoms with E-state index in [0.29, 0.717) is 30.0 Å². The first-order valence-electron chi connectivity index (χ1n) is 8.49. The monoisotopic (exact) mass is 322 g/mol. The van der Waals surface area contributed by atoms with Crippen molar-refractivity contribution in [3.05, 3.63) is 23.8 Å². The van der Waals surface area contributed by atoms with Gasteiger partial charge in [0.2, 0.25) is 0 Å². The molecule has 128 valence electrons. The molecule has 0 bridgehead atoms. The van der Waals surface area contributed by atoms with Crippen LogP contribution in [0.1, 0.15) is 43.0 Å². The topological polar surface area (TPSA) is 60.2 Å². The van der Waals surface area contributed by atoms with E-state index in [1.54, 1.807) is 25.3 Å². The van der Waals surface area contributed by atoms with Crippen LogP contribution in [-0.2, 0) is 0 Å². The van der Waals surface area contributed by atoms with Crippen LogP contribution in [-0.4, -0.2) is 50.3 Å². The number of Topliss-reactive ketones (excluding diaryl/α,β-unsaturated/α-hetero) is 1. The Morgan fingerprint density at radius 3 is 2.65 bits per heavy atom. The van der Waals surface area contributed by atoms with Gasteiger partial charge in [-0.2, -0.15) is 0 Å². The van der Waals surface area contributed by atoms with E-state index in [4.69, 9.17) is 9.47 Å². The van der Waals surface area contributed by atoms with Gasteiger partial charge < -0.3 is 19.5 Å². The number of carbonyl (C=O) groups excluding carboxylic acids is 1. The summed E-state index contributed by atoms with van der Waals surface area (Å²) >= 11 is 0. The van der Waals surface area contributed by atoms with E-state index in [2.05, 4.69) is 0 Å². The van der Waals surface area contributed by atoms with Crippen LogP contribution in [0.15, 0.2) is 18.2 Å². The predicted octanol–water partition coefficient (Wildman–Crippen LogP) is 1.10. The van der Waals surface area contributed by atoms with Gasteiger partial charge in [-0.1, -0.05) is 6.92 Å². The van der Waals surface area contributed by atoms with Crippen molar-refractivity contribution in [1.29, 1.82) is 0 Å². The van der Waals surface area contributed by atoms with Crippen molar-refractivity contribution in [2.24, 2.45) is 0 Å². The highest BCUT2D eigenvalue weighted by Gasteiger charge is 2.19. The van der Waals surface area contributed by atoms with Crippen molar-refractivity contribution < 1.29 is 24.3 Å². The highest BCUT2D eigenvalue weighted by Crippen LogP contribution is 2.28. The average molecular weight is 322 g/mol. The Morgan fingerprint density at radius 2 is 2.00 bits per heavy atom. The fourth-order valence-electron chi connectivity index (χ4n) is 3.00. The van der Waals surface area contributed by atoms with Crippen molar-refractivity contribution in [2.45, 2.75) is 38.7 Å². The highest BCUT2D eigenvalue weighted by atomic mass is 16.5. The molecule has 5 nitrogen and oxygen atoms in total. The van der Waals surface area contributed by atoms with E-state index < -0.39 is 6.10 Å². The van der Waals surface area contributed by atoms with Crippen LogP contribution in [0.5, 0.6) is 11.5 Å². The maximum Gasteiger partial charge on any atom is 0.162 e. The number of aliphatic hydroxyl groups is 1. The van der Waals surface area contributed by atoms with Crippen LogP contribution >= 0.6 is 0 Å². The van der Waals surface area contributed by atoms with E-state index >= 15 is 0 Å². The van der Waals surface area contributed by atoms with Crippen molar-refractivity contribution in [1.82, 2.24) is 0 Å². The summed E-state index contributed by atoms with van der Waals surface area (Å²) in [4.78, 5) is 13.2. The molecular weight excluding hydrogens is 294 g/mol. The van der Waals surface area contributed by atoms with Crippen LogP contribution in [0.3, 0.4) is 0 Å². The second-order valence-corrected chi connectivity index (χ2v) is 6.12. The normalized spacial score (nSPS) is 16.8. The Hall–Kier alpha value is -1.59. The van der Waals surface area contributed by atoms with Gasteiger partial charge >= 0.3 is 0 Å². The molecule has 1 atom stereocenters. The summed E-state index contributed by atoms with van der Waals surface area (Å²) in [5.41, 5.74) is 0.620. The molecule has 0 radical (unpaired) electrons. The lowest BCUT2D eigenvalue weighted by Crippen LogP contribution is -3.14. The fourth-order valence-corrected chi connectivity index (χ4v) is 3.00. The first kappa shape index (κ1) is 17.8. The van der Waals surface area contributed by atoms with Crippen LogP contribution in [0.4, 0.5) is 0 Å². The van der Waals surface area contributed by atoms with E-state index in [-0.39, 0.29) is 12.4 Å². The minimum absolute atomic E-state index is 0.0728. The molecule has 1 saturated heterocycles. The van der Waals surface area contributed by atoms with Gasteiger partial charge in [0.1, 0.15) is 19.3 Å². The molecule has 0 aliphatic carbocycles. The Kier molecular flexibility index (Phi) is 6.86. The predicted molar refractivity (Wildman–Crippen MR) is 88.5 cm³/mol. The number of benzene rings is 1. The smallest absolute Gasteiger partial charge is 0.162 e. The molecule has 0 spiro atoms. The molecule has 23 heavy (non-hydrogen) atoms. The Labute approximate surface area is 138 Å². The third kappa shape index (κ3) is 5.22. The SMILES string of the molecule is CCC(=O)c1ccc(OC[C@@H](O)C[NH+]2CCCCC2)c(OC)c1. The Morgan fingerprint density at radius 1 is 1.26 bits per heavy atom. The number of methoxy groups -OCH3 is 1. The van der Waals surface area contributed by atoms with Crippen LogP contribution < -0.4 is 14.4 Å². The van der Waals surface area contributed by atoms with E-state index in [9.17, 15) is 9.90 Å². The number of likely N-dealkylation sites (tertiary alicyclic amines) is 1. The summed E-state index contributed by atoms with van der Waals surface area (Å²) in [6.07, 6.45) is 3.74. The Bertz CT molecular complexity index is 512. The van der Waals surface area contributed by atoms with E-state index in [1.165, 1.54) is 24.2 Å². The van der Waals surface area contributed by atoms with E-state index in [0.717, 1.165) is 13.1 Å². The number of nitrogens with one attached hydrogen (secondary N) is 1. The van der Waals surface area contributed by atoms with Gasteiger partial charge in [-0.3, -0.25) is 4.79 Å². The highest BCUT2D eigenvalue weighted by molar-refractivity contribution is 5.96. The molecule has 1 heterocycles. The van der Waals surface area contributed by atoms with Gasteiger partial charge in [-0.25, -0.2) is 0 Å². The maximum absolute atomic E-state index is 11.7. The zero-order valence-electron chi connectivity index (χ0n) is 14.1. The van der Waals surface area contributed by atoms with Gasteiger partial charge in [0.15, 0.2) is 17.3 Å². The molecule has 1 fully saturated rings. The standard InChI is InChI=1S/C18H27NO4/c1-3-16(21)14-7-8-17(18(11-14)22-2)23-13-15(20)12-19-9-5-4-6-10-19/h7-8,11,15,20H,3-6,9-10,12-13H2,1-2H3/p+1/t15-/m0/s1. The lowest BCUT2D eigenvalue weighted by atomic mass is 10.1. The molecule has 1 aliphatic heterocycles. The number of quaternary nitrogens is 1. The number of carbonyl (C=O) groups is 1. The molecule has 1 aromatic carbocycles. The molecule has 0 aromatic heterocycles. The summed E-state index contributed by atoms with van der Waals surface area (Å²) < 4.78 is 11.0. The molecule has 1 aromatic rings. The van der Waals surface area contributed by atoms with Gasteiger partial charge in [0, 0.05) is 12.0 Å². The number of ketones is 1. The molecule has 5 heteroatoms. The maximum atomic E-state index is 11.7. The average Bonchev–Trinajstić information content (AvgIpc) is 2.60. The summed E-state index contributed by atoms with van der Waals surface area (Å²) in [7, 11) is 1.55. The number of rotatable bonds is 8. The van der Waals surface area contributed by atoms with Crippen LogP contribution in [0.2, 0.25) is 0 Å². The number of hydrogen-bond donors (Lipinski definition) is 2. The molecule has 2 rings (SSSR count). The Balaban J connectivity index is 1.90. The quantitative estimate of drug-likeness (QED) is 0.704. The summed E-state index contributed by atoms with van der Waals surface area (Å²) in [5, 5.41) is 10.2. The first-order valence-corrected chi connectivity index (χ1v) is 8.49. The molecule has 1 aliphatic rings. The summed E-state index contributed by atoms with van der Waals surface area (Å²) in [6, 6.07) is 5.18. The largest absolute Gasteiger partial charge is 0.493 e. The summed E-state index contributed by atoms with van der Waals surface area (Å²) in [5.74, 6) is 1.17. The lowest BCUT2D eigenvalue weighted by Gasteiger charge is -2.25. The second kappa shape index (κ2) is 8.89. The molecule has 2 N–H and O–H groups in total. The zero-order chi connectivity index (χ0) is 16.7. The zero-order valence-corrected chi connectivity index (χ0v) is 14.1. The molecular formula is C18H28NO4+. The molecule has 0 amide bonds.